The largest absolute Gasteiger partial charge is 0.296 e. The summed E-state index contributed by atoms with van der Waals surface area (Å²) in [6.07, 6.45) is 0.445. The van der Waals surface area contributed by atoms with Crippen molar-refractivity contribution in [3.8, 4) is 6.07 Å². The molecule has 0 heterocycles. The lowest BCUT2D eigenvalue weighted by Crippen LogP contribution is -2.31. The van der Waals surface area contributed by atoms with Crippen LogP contribution < -0.4 is 0 Å². The minimum Gasteiger partial charge on any atom is -0.296 e. The van der Waals surface area contributed by atoms with E-state index in [9.17, 15) is 4.39 Å². The zero-order chi connectivity index (χ0) is 12.8. The molecule has 0 aromatic heterocycles. The van der Waals surface area contributed by atoms with Crippen molar-refractivity contribution in [3.05, 3.63) is 34.6 Å². The smallest absolute Gasteiger partial charge is 0.146 e. The molecule has 92 valence electrons. The fourth-order valence-corrected chi connectivity index (χ4v) is 1.80. The van der Waals surface area contributed by atoms with Gasteiger partial charge in [-0.2, -0.15) is 5.26 Å². The Hall–Kier alpha value is -1.11. The Morgan fingerprint density at radius 1 is 1.47 bits per heavy atom. The van der Waals surface area contributed by atoms with E-state index >= 15 is 0 Å². The number of rotatable bonds is 5. The number of nitrogens with zero attached hydrogens (tertiary/aromatic N) is 2. The van der Waals surface area contributed by atoms with Crippen molar-refractivity contribution >= 4 is 11.6 Å². The second kappa shape index (κ2) is 6.58. The first-order chi connectivity index (χ1) is 8.06. The molecule has 0 saturated heterocycles. The minimum atomic E-state index is -0.364. The van der Waals surface area contributed by atoms with Gasteiger partial charge < -0.3 is 0 Å². The zero-order valence-electron chi connectivity index (χ0n) is 10.1. The van der Waals surface area contributed by atoms with Crippen LogP contribution in [0.1, 0.15) is 25.8 Å². The Kier molecular flexibility index (Phi) is 5.40. The van der Waals surface area contributed by atoms with E-state index in [0.717, 1.165) is 0 Å². The third-order valence-corrected chi connectivity index (χ3v) is 2.94. The van der Waals surface area contributed by atoms with Crippen LogP contribution in [0.2, 0.25) is 5.02 Å². The van der Waals surface area contributed by atoms with Crippen LogP contribution in [0, 0.1) is 17.1 Å². The van der Waals surface area contributed by atoms with Gasteiger partial charge in [-0.15, -0.1) is 0 Å². The third kappa shape index (κ3) is 3.99. The van der Waals surface area contributed by atoms with Gasteiger partial charge in [0.1, 0.15) is 5.82 Å². The predicted octanol–water partition coefficient (Wildman–Crippen LogP) is 3.60. The Bertz CT molecular complexity index is 412. The maximum absolute atomic E-state index is 13.7. The quantitative estimate of drug-likeness (QED) is 0.803. The SMILES string of the molecule is CC(C)N(CCC#N)Cc1cccc(Cl)c1F. The van der Waals surface area contributed by atoms with E-state index in [4.69, 9.17) is 16.9 Å². The molecule has 0 aliphatic carbocycles. The maximum atomic E-state index is 13.7. The molecule has 0 unspecified atom stereocenters. The van der Waals surface area contributed by atoms with Crippen LogP contribution in [0.4, 0.5) is 4.39 Å². The molecular weight excluding hydrogens is 239 g/mol. The average molecular weight is 255 g/mol. The summed E-state index contributed by atoms with van der Waals surface area (Å²) in [5.41, 5.74) is 0.573. The molecule has 0 bridgehead atoms. The summed E-state index contributed by atoms with van der Waals surface area (Å²) in [5.74, 6) is -0.364. The second-order valence-electron chi connectivity index (χ2n) is 4.19. The molecule has 0 aliphatic rings. The van der Waals surface area contributed by atoms with Crippen molar-refractivity contribution in [2.24, 2.45) is 0 Å². The van der Waals surface area contributed by atoms with Gasteiger partial charge in [0.05, 0.1) is 11.1 Å². The Morgan fingerprint density at radius 2 is 2.18 bits per heavy atom. The summed E-state index contributed by atoms with van der Waals surface area (Å²) < 4.78 is 13.7. The average Bonchev–Trinajstić information content (AvgIpc) is 2.29. The van der Waals surface area contributed by atoms with Crippen molar-refractivity contribution in [1.29, 1.82) is 5.26 Å². The fourth-order valence-electron chi connectivity index (χ4n) is 1.60. The van der Waals surface area contributed by atoms with Crippen LogP contribution in [0.15, 0.2) is 18.2 Å². The molecule has 0 atom stereocenters. The molecule has 0 fully saturated rings. The number of nitriles is 1. The van der Waals surface area contributed by atoms with Gasteiger partial charge in [-0.3, -0.25) is 4.90 Å². The van der Waals surface area contributed by atoms with Crippen LogP contribution in [0.25, 0.3) is 0 Å². The van der Waals surface area contributed by atoms with Gasteiger partial charge in [0.25, 0.3) is 0 Å². The highest BCUT2D eigenvalue weighted by Crippen LogP contribution is 2.20. The number of hydrogen-bond donors (Lipinski definition) is 0. The standard InChI is InChI=1S/C13H16ClFN2/c1-10(2)17(8-4-7-16)9-11-5-3-6-12(14)13(11)15/h3,5-6,10H,4,8-9H2,1-2H3. The predicted molar refractivity (Wildman–Crippen MR) is 67.2 cm³/mol. The summed E-state index contributed by atoms with van der Waals surface area (Å²) in [4.78, 5) is 2.05. The summed E-state index contributed by atoms with van der Waals surface area (Å²) >= 11 is 5.74. The van der Waals surface area contributed by atoms with Crippen molar-refractivity contribution in [1.82, 2.24) is 4.90 Å². The fraction of sp³-hybridized carbons (Fsp3) is 0.462. The van der Waals surface area contributed by atoms with Gasteiger partial charge in [0, 0.05) is 31.1 Å². The lowest BCUT2D eigenvalue weighted by atomic mass is 10.1. The second-order valence-corrected chi connectivity index (χ2v) is 4.59. The van der Waals surface area contributed by atoms with E-state index in [0.29, 0.717) is 25.1 Å². The van der Waals surface area contributed by atoms with Crippen LogP contribution in [-0.2, 0) is 6.54 Å². The van der Waals surface area contributed by atoms with Gasteiger partial charge in [-0.1, -0.05) is 23.7 Å². The number of hydrogen-bond acceptors (Lipinski definition) is 2. The molecule has 0 aliphatic heterocycles. The van der Waals surface area contributed by atoms with Crippen molar-refractivity contribution in [3.63, 3.8) is 0 Å². The lowest BCUT2D eigenvalue weighted by molar-refractivity contribution is 0.215. The molecule has 1 aromatic rings. The first-order valence-electron chi connectivity index (χ1n) is 5.60. The number of halogens is 2. The molecule has 1 aromatic carbocycles. The summed E-state index contributed by atoms with van der Waals surface area (Å²) in [6, 6.07) is 7.37. The molecule has 4 heteroatoms. The lowest BCUT2D eigenvalue weighted by Gasteiger charge is -2.25. The van der Waals surface area contributed by atoms with E-state index < -0.39 is 0 Å². The minimum absolute atomic E-state index is 0.145. The first kappa shape index (κ1) is 14.0. The highest BCUT2D eigenvalue weighted by molar-refractivity contribution is 6.30. The zero-order valence-corrected chi connectivity index (χ0v) is 10.8. The van der Waals surface area contributed by atoms with E-state index in [1.807, 2.05) is 13.8 Å². The molecule has 0 saturated carbocycles. The highest BCUT2D eigenvalue weighted by Gasteiger charge is 2.13. The van der Waals surface area contributed by atoms with Crippen LogP contribution >= 0.6 is 11.6 Å². The topological polar surface area (TPSA) is 27.0 Å². The summed E-state index contributed by atoms with van der Waals surface area (Å²) in [7, 11) is 0. The van der Waals surface area contributed by atoms with Crippen LogP contribution in [0.3, 0.4) is 0 Å². The van der Waals surface area contributed by atoms with E-state index in [2.05, 4.69) is 11.0 Å². The summed E-state index contributed by atoms with van der Waals surface area (Å²) in [5, 5.41) is 8.73. The van der Waals surface area contributed by atoms with Crippen molar-refractivity contribution in [2.75, 3.05) is 6.54 Å². The molecule has 1 rings (SSSR count). The maximum Gasteiger partial charge on any atom is 0.146 e. The van der Waals surface area contributed by atoms with Crippen LogP contribution in [0.5, 0.6) is 0 Å². The normalized spacial score (nSPS) is 10.9. The summed E-state index contributed by atoms with van der Waals surface area (Å²) in [6.45, 7) is 5.17. The first-order valence-corrected chi connectivity index (χ1v) is 5.98. The monoisotopic (exact) mass is 254 g/mol. The Balaban J connectivity index is 2.79. The molecule has 0 radical (unpaired) electrons. The Morgan fingerprint density at radius 3 is 2.76 bits per heavy atom. The van der Waals surface area contributed by atoms with Gasteiger partial charge in [0.15, 0.2) is 0 Å². The molecular formula is C13H16ClFN2. The molecule has 17 heavy (non-hydrogen) atoms. The molecule has 2 nitrogen and oxygen atoms in total. The Labute approximate surface area is 107 Å². The molecule has 0 N–H and O–H groups in total. The number of benzene rings is 1. The van der Waals surface area contributed by atoms with E-state index in [1.165, 1.54) is 6.07 Å². The molecule has 0 amide bonds. The van der Waals surface area contributed by atoms with E-state index in [-0.39, 0.29) is 16.9 Å². The highest BCUT2D eigenvalue weighted by atomic mass is 35.5. The van der Waals surface area contributed by atoms with Gasteiger partial charge in [-0.25, -0.2) is 4.39 Å². The van der Waals surface area contributed by atoms with Crippen LogP contribution in [-0.4, -0.2) is 17.5 Å². The van der Waals surface area contributed by atoms with Gasteiger partial charge >= 0.3 is 0 Å². The van der Waals surface area contributed by atoms with Crippen molar-refractivity contribution < 1.29 is 4.39 Å². The molecule has 0 spiro atoms. The van der Waals surface area contributed by atoms with Crippen molar-refractivity contribution in [2.45, 2.75) is 32.9 Å². The van der Waals surface area contributed by atoms with Gasteiger partial charge in [0.2, 0.25) is 0 Å². The third-order valence-electron chi connectivity index (χ3n) is 2.65. The van der Waals surface area contributed by atoms with E-state index in [1.54, 1.807) is 12.1 Å². The van der Waals surface area contributed by atoms with Gasteiger partial charge in [-0.05, 0) is 19.9 Å².